The van der Waals surface area contributed by atoms with Gasteiger partial charge in [0.1, 0.15) is 0 Å². The van der Waals surface area contributed by atoms with E-state index in [1.807, 2.05) is 0 Å². The minimum absolute atomic E-state index is 0. The van der Waals surface area contributed by atoms with Gasteiger partial charge in [-0.25, -0.2) is 0 Å². The number of hydrogen-bond donors (Lipinski definition) is 0. The first-order valence-electron chi connectivity index (χ1n) is 2.16. The second kappa shape index (κ2) is 3.71. The zero-order valence-electron chi connectivity index (χ0n) is 5.07. The Balaban J connectivity index is 0.000000640. The van der Waals surface area contributed by atoms with Crippen molar-refractivity contribution in [2.75, 3.05) is 0 Å². The molecule has 1 heterocycles. The van der Waals surface area contributed by atoms with E-state index in [0.717, 1.165) is 0 Å². The largest absolute Gasteiger partial charge is 1.00 e. The van der Waals surface area contributed by atoms with E-state index in [-0.39, 0.29) is 34.3 Å². The second-order valence-corrected chi connectivity index (χ2v) is 1.36. The van der Waals surface area contributed by atoms with Crippen LogP contribution in [-0.2, 0) is 0 Å². The van der Waals surface area contributed by atoms with Gasteiger partial charge in [-0.05, 0) is 6.07 Å². The molecule has 0 aliphatic rings. The SMILES string of the molecule is O=c1ccccn1[O-].[Na+]. The molecule has 0 saturated carbocycles. The molecule has 1 rings (SSSR count). The topological polar surface area (TPSA) is 45.1 Å². The second-order valence-electron chi connectivity index (χ2n) is 1.36. The van der Waals surface area contributed by atoms with Gasteiger partial charge in [-0.3, -0.25) is 4.79 Å². The van der Waals surface area contributed by atoms with Crippen LogP contribution < -0.4 is 35.1 Å². The fourth-order valence-corrected chi connectivity index (χ4v) is 0.413. The summed E-state index contributed by atoms with van der Waals surface area (Å²) in [6.45, 7) is 0. The summed E-state index contributed by atoms with van der Waals surface area (Å²) in [5.74, 6) is 0. The predicted molar refractivity (Wildman–Crippen MR) is 29.5 cm³/mol. The molecule has 0 N–H and O–H groups in total. The number of nitrogens with zero attached hydrogens (tertiary/aromatic N) is 1. The number of hydrogen-bond acceptors (Lipinski definition) is 2. The van der Waals surface area contributed by atoms with Crippen molar-refractivity contribution in [3.63, 3.8) is 0 Å². The molecule has 0 fully saturated rings. The first-order chi connectivity index (χ1) is 3.80. The fourth-order valence-electron chi connectivity index (χ4n) is 0.413. The van der Waals surface area contributed by atoms with Gasteiger partial charge in [0.15, 0.2) is 0 Å². The smallest absolute Gasteiger partial charge is 0.803 e. The van der Waals surface area contributed by atoms with Crippen LogP contribution in [0, 0.1) is 5.21 Å². The maximum atomic E-state index is 10.3. The van der Waals surface area contributed by atoms with Gasteiger partial charge in [0.2, 0.25) is 5.56 Å². The van der Waals surface area contributed by atoms with Crippen molar-refractivity contribution < 1.29 is 29.6 Å². The summed E-state index contributed by atoms with van der Waals surface area (Å²) in [4.78, 5) is 10.3. The molecule has 0 unspecified atom stereocenters. The van der Waals surface area contributed by atoms with Crippen molar-refractivity contribution in [1.82, 2.24) is 4.73 Å². The van der Waals surface area contributed by atoms with Crippen molar-refractivity contribution in [1.29, 1.82) is 0 Å². The predicted octanol–water partition coefficient (Wildman–Crippen LogP) is -2.80. The summed E-state index contributed by atoms with van der Waals surface area (Å²) in [6.07, 6.45) is 1.17. The molecule has 3 nitrogen and oxygen atoms in total. The van der Waals surface area contributed by atoms with Crippen LogP contribution in [0.2, 0.25) is 0 Å². The van der Waals surface area contributed by atoms with Crippen LogP contribution in [0.3, 0.4) is 0 Å². The van der Waals surface area contributed by atoms with Gasteiger partial charge in [-0.2, -0.15) is 0 Å². The number of rotatable bonds is 0. The molecule has 0 bridgehead atoms. The quantitative estimate of drug-likeness (QED) is 0.359. The van der Waals surface area contributed by atoms with Crippen LogP contribution in [0.5, 0.6) is 0 Å². The molecule has 0 radical (unpaired) electrons. The molecule has 4 heteroatoms. The minimum atomic E-state index is -0.521. The van der Waals surface area contributed by atoms with Crippen LogP contribution >= 0.6 is 0 Å². The Labute approximate surface area is 74.2 Å². The maximum absolute atomic E-state index is 10.3. The molecule has 0 aromatic carbocycles. The number of pyridine rings is 1. The van der Waals surface area contributed by atoms with Crippen molar-refractivity contribution in [3.05, 3.63) is 40.0 Å². The number of aromatic nitrogens is 1. The Kier molecular flexibility index (Phi) is 3.61. The van der Waals surface area contributed by atoms with E-state index in [9.17, 15) is 10.0 Å². The Bertz CT molecular complexity index is 232. The van der Waals surface area contributed by atoms with E-state index in [4.69, 9.17) is 0 Å². The van der Waals surface area contributed by atoms with Crippen LogP contribution in [0.1, 0.15) is 0 Å². The van der Waals surface area contributed by atoms with E-state index < -0.39 is 5.56 Å². The van der Waals surface area contributed by atoms with Crippen molar-refractivity contribution in [3.8, 4) is 0 Å². The molecule has 0 amide bonds. The maximum Gasteiger partial charge on any atom is 1.00 e. The van der Waals surface area contributed by atoms with E-state index in [2.05, 4.69) is 0 Å². The van der Waals surface area contributed by atoms with Crippen molar-refractivity contribution in [2.45, 2.75) is 0 Å². The van der Waals surface area contributed by atoms with E-state index in [1.54, 1.807) is 0 Å². The average Bonchev–Trinajstić information content (AvgIpc) is 1.77. The Morgan fingerprint density at radius 2 is 2.11 bits per heavy atom. The Morgan fingerprint density at radius 1 is 1.44 bits per heavy atom. The molecule has 1 aromatic heterocycles. The Hall–Kier alpha value is -0.250. The van der Waals surface area contributed by atoms with E-state index in [1.165, 1.54) is 24.4 Å². The van der Waals surface area contributed by atoms with E-state index >= 15 is 0 Å². The average molecular weight is 133 g/mol. The third kappa shape index (κ3) is 2.22. The van der Waals surface area contributed by atoms with Crippen LogP contribution in [0.15, 0.2) is 29.2 Å². The van der Waals surface area contributed by atoms with Gasteiger partial charge >= 0.3 is 29.6 Å². The third-order valence-corrected chi connectivity index (χ3v) is 0.789. The van der Waals surface area contributed by atoms with Crippen LogP contribution in [0.25, 0.3) is 0 Å². The summed E-state index contributed by atoms with van der Waals surface area (Å²) < 4.78 is 0.278. The van der Waals surface area contributed by atoms with Gasteiger partial charge in [-0.15, -0.1) is 0 Å². The molecule has 9 heavy (non-hydrogen) atoms. The summed E-state index contributed by atoms with van der Waals surface area (Å²) >= 11 is 0. The minimum Gasteiger partial charge on any atom is -0.803 e. The fraction of sp³-hybridized carbons (Fsp3) is 0. The monoisotopic (exact) mass is 133 g/mol. The Morgan fingerprint density at radius 3 is 2.44 bits per heavy atom. The van der Waals surface area contributed by atoms with Gasteiger partial charge in [0, 0.05) is 12.3 Å². The molecule has 42 valence electrons. The van der Waals surface area contributed by atoms with Gasteiger partial charge in [0.05, 0.1) is 0 Å². The molecular weight excluding hydrogens is 129 g/mol. The zero-order chi connectivity index (χ0) is 5.98. The molecule has 0 atom stereocenters. The van der Waals surface area contributed by atoms with Crippen molar-refractivity contribution >= 4 is 0 Å². The standard InChI is InChI=1S/C5H4NO2.Na/c7-5-3-1-2-4-6(5)8;/h1-4H;/q-1;+1. The molecule has 1 aromatic rings. The first-order valence-corrected chi connectivity index (χ1v) is 2.16. The van der Waals surface area contributed by atoms with Gasteiger partial charge < -0.3 is 9.94 Å². The molecule has 0 saturated heterocycles. The van der Waals surface area contributed by atoms with Crippen LogP contribution in [0.4, 0.5) is 0 Å². The first kappa shape index (κ1) is 8.75. The molecule has 0 aliphatic carbocycles. The summed E-state index contributed by atoms with van der Waals surface area (Å²) in [7, 11) is 0. The van der Waals surface area contributed by atoms with Crippen LogP contribution in [-0.4, -0.2) is 4.73 Å². The van der Waals surface area contributed by atoms with Gasteiger partial charge in [-0.1, -0.05) is 6.07 Å². The summed E-state index contributed by atoms with van der Waals surface area (Å²) in [5.41, 5.74) is -0.521. The van der Waals surface area contributed by atoms with Crippen molar-refractivity contribution in [2.24, 2.45) is 0 Å². The zero-order valence-corrected chi connectivity index (χ0v) is 7.07. The van der Waals surface area contributed by atoms with Gasteiger partial charge in [0.25, 0.3) is 0 Å². The normalized spacial score (nSPS) is 8.00. The third-order valence-electron chi connectivity index (χ3n) is 0.789. The molecule has 0 aliphatic heterocycles. The van der Waals surface area contributed by atoms with E-state index in [0.29, 0.717) is 0 Å². The molecular formula is C5H4NNaO2. The summed E-state index contributed by atoms with van der Waals surface area (Å²) in [5, 5.41) is 10.2. The molecule has 0 spiro atoms. The summed E-state index contributed by atoms with van der Waals surface area (Å²) in [6, 6.07) is 4.25.